The van der Waals surface area contributed by atoms with Gasteiger partial charge in [0, 0.05) is 40.7 Å². The van der Waals surface area contributed by atoms with Crippen LogP contribution in [0.2, 0.25) is 0 Å². The number of nitrogens with one attached hydrogen (secondary N) is 2. The van der Waals surface area contributed by atoms with Crippen molar-refractivity contribution in [3.8, 4) is 11.3 Å². The number of hydrogen-bond donors (Lipinski definition) is 2. The molecule has 4 aromatic rings. The highest BCUT2D eigenvalue weighted by Crippen LogP contribution is 2.28. The number of carbonyl (C=O) groups excluding carboxylic acids is 2. The van der Waals surface area contributed by atoms with Gasteiger partial charge in [-0.2, -0.15) is 0 Å². The molecule has 3 heterocycles. The lowest BCUT2D eigenvalue weighted by molar-refractivity contribution is 0.0946. The van der Waals surface area contributed by atoms with E-state index in [2.05, 4.69) is 36.4 Å². The van der Waals surface area contributed by atoms with Crippen molar-refractivity contribution >= 4 is 27.6 Å². The van der Waals surface area contributed by atoms with Crippen LogP contribution in [0.1, 0.15) is 37.7 Å². The molecule has 0 radical (unpaired) electrons. The summed E-state index contributed by atoms with van der Waals surface area (Å²) in [5, 5.41) is 6.86. The maximum absolute atomic E-state index is 13.1. The van der Waals surface area contributed by atoms with Crippen LogP contribution < -0.4 is 5.32 Å². The van der Waals surface area contributed by atoms with Crippen molar-refractivity contribution in [1.29, 1.82) is 0 Å². The van der Waals surface area contributed by atoms with E-state index in [1.807, 2.05) is 30.3 Å². The minimum Gasteiger partial charge on any atom is -0.360 e. The molecule has 0 saturated heterocycles. The van der Waals surface area contributed by atoms with E-state index in [0.717, 1.165) is 15.6 Å². The molecule has 7 nitrogen and oxygen atoms in total. The summed E-state index contributed by atoms with van der Waals surface area (Å²) in [6.45, 7) is 2.03. The number of pyridine rings is 1. The first-order valence-corrected chi connectivity index (χ1v) is 9.94. The number of hydrogen-bond acceptors (Lipinski definition) is 5. The zero-order valence-electron chi connectivity index (χ0n) is 16.0. The highest BCUT2D eigenvalue weighted by molar-refractivity contribution is 9.10. The van der Waals surface area contributed by atoms with Gasteiger partial charge in [-0.05, 0) is 36.8 Å². The van der Waals surface area contributed by atoms with E-state index in [4.69, 9.17) is 4.52 Å². The molecular weight excluding hydrogens is 448 g/mol. The fourth-order valence-electron chi connectivity index (χ4n) is 3.03. The summed E-state index contributed by atoms with van der Waals surface area (Å²) >= 11 is 3.39. The molecule has 150 valence electrons. The first kappa shape index (κ1) is 19.8. The first-order valence-electron chi connectivity index (χ1n) is 9.15. The van der Waals surface area contributed by atoms with Gasteiger partial charge in [0.15, 0.2) is 5.78 Å². The number of aryl methyl sites for hydroxylation is 1. The minimum atomic E-state index is -0.312. The van der Waals surface area contributed by atoms with Crippen LogP contribution in [0.3, 0.4) is 0 Å². The molecule has 4 rings (SSSR count). The number of amides is 1. The first-order chi connectivity index (χ1) is 14.5. The van der Waals surface area contributed by atoms with Gasteiger partial charge in [0.05, 0.1) is 5.56 Å². The Bertz CT molecular complexity index is 1200. The number of nitrogens with zero attached hydrogens (tertiary/aromatic N) is 2. The number of halogens is 1. The van der Waals surface area contributed by atoms with Crippen LogP contribution in [0.5, 0.6) is 0 Å². The monoisotopic (exact) mass is 464 g/mol. The zero-order valence-corrected chi connectivity index (χ0v) is 17.6. The number of aromatic nitrogens is 3. The van der Waals surface area contributed by atoms with Gasteiger partial charge in [-0.3, -0.25) is 14.6 Å². The fraction of sp³-hybridized carbons (Fsp3) is 0.0909. The van der Waals surface area contributed by atoms with E-state index in [0.29, 0.717) is 34.8 Å². The quantitative estimate of drug-likeness (QED) is 0.414. The number of ketones is 1. The molecule has 0 spiro atoms. The van der Waals surface area contributed by atoms with Crippen LogP contribution in [-0.4, -0.2) is 26.8 Å². The number of aromatic amines is 1. The van der Waals surface area contributed by atoms with E-state index in [9.17, 15) is 9.59 Å². The molecule has 8 heteroatoms. The molecule has 0 aliphatic rings. The lowest BCUT2D eigenvalue weighted by atomic mass is 9.99. The van der Waals surface area contributed by atoms with E-state index in [1.54, 1.807) is 25.4 Å². The average Bonchev–Trinajstić information content (AvgIpc) is 3.40. The summed E-state index contributed by atoms with van der Waals surface area (Å²) < 4.78 is 6.21. The van der Waals surface area contributed by atoms with Crippen molar-refractivity contribution in [3.05, 3.63) is 93.7 Å². The van der Waals surface area contributed by atoms with Crippen molar-refractivity contribution in [3.63, 3.8) is 0 Å². The van der Waals surface area contributed by atoms with Gasteiger partial charge < -0.3 is 14.8 Å². The maximum atomic E-state index is 13.1. The Hall–Kier alpha value is -3.52. The zero-order chi connectivity index (χ0) is 21.1. The van der Waals surface area contributed by atoms with Crippen molar-refractivity contribution in [2.45, 2.75) is 13.5 Å². The van der Waals surface area contributed by atoms with Crippen molar-refractivity contribution in [2.24, 2.45) is 0 Å². The molecule has 0 fully saturated rings. The van der Waals surface area contributed by atoms with Gasteiger partial charge in [-0.1, -0.05) is 39.3 Å². The predicted octanol–water partition coefficient (Wildman–Crippen LogP) is 4.30. The average molecular weight is 465 g/mol. The second kappa shape index (κ2) is 8.46. The Kier molecular flexibility index (Phi) is 5.58. The highest BCUT2D eigenvalue weighted by atomic mass is 79.9. The van der Waals surface area contributed by atoms with Crippen LogP contribution in [0.4, 0.5) is 0 Å². The smallest absolute Gasteiger partial charge is 0.267 e. The van der Waals surface area contributed by atoms with E-state index < -0.39 is 0 Å². The molecule has 30 heavy (non-hydrogen) atoms. The number of rotatable bonds is 6. The van der Waals surface area contributed by atoms with Crippen LogP contribution in [0.25, 0.3) is 11.3 Å². The van der Waals surface area contributed by atoms with Crippen molar-refractivity contribution in [2.75, 3.05) is 0 Å². The maximum Gasteiger partial charge on any atom is 0.267 e. The van der Waals surface area contributed by atoms with Crippen LogP contribution in [0, 0.1) is 6.92 Å². The Morgan fingerprint density at radius 3 is 2.73 bits per heavy atom. The Morgan fingerprint density at radius 1 is 1.20 bits per heavy atom. The SMILES string of the molecule is Cc1onc(-c2ccc(Br)cc2)c1C(=O)c1c[nH]c(C(=O)NCc2cccnc2)c1. The summed E-state index contributed by atoms with van der Waals surface area (Å²) in [6.07, 6.45) is 4.87. The minimum absolute atomic E-state index is 0.269. The third-order valence-corrected chi connectivity index (χ3v) is 5.10. The Labute approximate surface area is 180 Å². The second-order valence-corrected chi connectivity index (χ2v) is 7.56. The summed E-state index contributed by atoms with van der Waals surface area (Å²) in [4.78, 5) is 32.4. The molecule has 0 bridgehead atoms. The summed E-state index contributed by atoms with van der Waals surface area (Å²) in [6, 6.07) is 12.6. The van der Waals surface area contributed by atoms with Crippen molar-refractivity contribution in [1.82, 2.24) is 20.4 Å². The normalized spacial score (nSPS) is 10.7. The summed E-state index contributed by atoms with van der Waals surface area (Å²) in [5.41, 5.74) is 3.14. The van der Waals surface area contributed by atoms with Crippen LogP contribution in [0.15, 0.2) is 70.1 Å². The van der Waals surface area contributed by atoms with Gasteiger partial charge in [-0.15, -0.1) is 0 Å². The largest absolute Gasteiger partial charge is 0.360 e. The van der Waals surface area contributed by atoms with Gasteiger partial charge in [-0.25, -0.2) is 0 Å². The molecule has 0 aliphatic heterocycles. The molecule has 0 aliphatic carbocycles. The number of benzene rings is 1. The summed E-state index contributed by atoms with van der Waals surface area (Å²) in [5.74, 6) is -0.163. The van der Waals surface area contributed by atoms with Gasteiger partial charge in [0.1, 0.15) is 17.1 Å². The molecule has 0 saturated carbocycles. The van der Waals surface area contributed by atoms with E-state index in [1.165, 1.54) is 12.3 Å². The topological polar surface area (TPSA) is 101 Å². The molecule has 1 amide bonds. The summed E-state index contributed by atoms with van der Waals surface area (Å²) in [7, 11) is 0. The molecule has 1 aromatic carbocycles. The molecule has 0 unspecified atom stereocenters. The van der Waals surface area contributed by atoms with E-state index >= 15 is 0 Å². The molecule has 0 atom stereocenters. The lowest BCUT2D eigenvalue weighted by Crippen LogP contribution is -2.23. The Balaban J connectivity index is 1.54. The standard InChI is InChI=1S/C22H17BrN4O3/c1-13-19(20(27-30-13)15-4-6-17(23)7-5-15)21(28)16-9-18(25-12-16)22(29)26-11-14-3-2-8-24-10-14/h2-10,12,25H,11H2,1H3,(H,26,29). The van der Waals surface area contributed by atoms with E-state index in [-0.39, 0.29) is 11.7 Å². The molecule has 2 N–H and O–H groups in total. The third kappa shape index (κ3) is 4.08. The fourth-order valence-corrected chi connectivity index (χ4v) is 3.29. The molecule has 3 aromatic heterocycles. The third-order valence-electron chi connectivity index (χ3n) is 4.57. The predicted molar refractivity (Wildman–Crippen MR) is 114 cm³/mol. The van der Waals surface area contributed by atoms with Crippen molar-refractivity contribution < 1.29 is 14.1 Å². The Morgan fingerprint density at radius 2 is 2.00 bits per heavy atom. The van der Waals surface area contributed by atoms with Crippen LogP contribution in [-0.2, 0) is 6.54 Å². The van der Waals surface area contributed by atoms with Gasteiger partial charge in [0.2, 0.25) is 0 Å². The van der Waals surface area contributed by atoms with Gasteiger partial charge >= 0.3 is 0 Å². The second-order valence-electron chi connectivity index (χ2n) is 6.64. The van der Waals surface area contributed by atoms with Crippen LogP contribution >= 0.6 is 15.9 Å². The molecular formula is C22H17BrN4O3. The highest BCUT2D eigenvalue weighted by Gasteiger charge is 2.24. The number of carbonyl (C=O) groups is 2. The van der Waals surface area contributed by atoms with Gasteiger partial charge in [0.25, 0.3) is 5.91 Å². The lowest BCUT2D eigenvalue weighted by Gasteiger charge is -2.03. The number of H-pyrrole nitrogens is 1.